The molecule has 1 saturated heterocycles. The quantitative estimate of drug-likeness (QED) is 0.709. The second-order valence-corrected chi connectivity index (χ2v) is 6.79. The van der Waals surface area contributed by atoms with Crippen LogP contribution < -0.4 is 10.6 Å². The van der Waals surface area contributed by atoms with E-state index in [2.05, 4.69) is 10.6 Å². The Kier molecular flexibility index (Phi) is 5.88. The van der Waals surface area contributed by atoms with E-state index in [4.69, 9.17) is 4.74 Å². The van der Waals surface area contributed by atoms with Crippen LogP contribution in [0, 0.1) is 17.6 Å². The summed E-state index contributed by atoms with van der Waals surface area (Å²) in [5.41, 5.74) is -0.0505. The van der Waals surface area contributed by atoms with Crippen molar-refractivity contribution in [3.05, 3.63) is 59.2 Å². The molecule has 1 fully saturated rings. The lowest BCUT2D eigenvalue weighted by Crippen LogP contribution is -2.30. The van der Waals surface area contributed by atoms with Crippen molar-refractivity contribution < 1.29 is 27.1 Å². The van der Waals surface area contributed by atoms with Crippen molar-refractivity contribution in [3.8, 4) is 0 Å². The summed E-state index contributed by atoms with van der Waals surface area (Å²) in [7, 11) is 0. The van der Waals surface area contributed by atoms with E-state index in [9.17, 15) is 22.4 Å². The second kappa shape index (κ2) is 8.18. The van der Waals surface area contributed by atoms with Crippen LogP contribution in [-0.2, 0) is 22.0 Å². The molecule has 2 aromatic rings. The molecule has 4 nitrogen and oxygen atoms in total. The standard InChI is InChI=1S/C20H20F4N2O2/c1-20(23,24)16-8-14(21)3-5-18(16)26-15-4-2-12(17(22)9-15)10-25-19(27)13-6-7-28-11-13/h2-5,8-9,13,26H,6-7,10-11H2,1H3,(H,25,27). The van der Waals surface area contributed by atoms with Crippen LogP contribution in [0.25, 0.3) is 0 Å². The fourth-order valence-electron chi connectivity index (χ4n) is 2.98. The number of carbonyl (C=O) groups is 1. The molecule has 2 N–H and O–H groups in total. The number of amides is 1. The zero-order chi connectivity index (χ0) is 20.3. The van der Waals surface area contributed by atoms with Gasteiger partial charge < -0.3 is 15.4 Å². The van der Waals surface area contributed by atoms with E-state index in [1.807, 2.05) is 0 Å². The molecular weight excluding hydrogens is 376 g/mol. The van der Waals surface area contributed by atoms with E-state index in [0.717, 1.165) is 18.2 Å². The smallest absolute Gasteiger partial charge is 0.272 e. The highest BCUT2D eigenvalue weighted by molar-refractivity contribution is 5.79. The Balaban J connectivity index is 1.70. The number of carbonyl (C=O) groups excluding carboxylic acids is 1. The Labute approximate surface area is 159 Å². The van der Waals surface area contributed by atoms with E-state index in [1.54, 1.807) is 0 Å². The van der Waals surface area contributed by atoms with Crippen molar-refractivity contribution in [2.24, 2.45) is 5.92 Å². The molecular formula is C20H20F4N2O2. The lowest BCUT2D eigenvalue weighted by molar-refractivity contribution is -0.125. The minimum Gasteiger partial charge on any atom is -0.381 e. The Morgan fingerprint density at radius 1 is 1.21 bits per heavy atom. The molecule has 28 heavy (non-hydrogen) atoms. The zero-order valence-corrected chi connectivity index (χ0v) is 15.2. The van der Waals surface area contributed by atoms with E-state index in [-0.39, 0.29) is 35.3 Å². The SMILES string of the molecule is CC(F)(F)c1cc(F)ccc1Nc1ccc(CNC(=O)C2CCOC2)c(F)c1. The van der Waals surface area contributed by atoms with Crippen LogP contribution in [0.15, 0.2) is 36.4 Å². The average molecular weight is 396 g/mol. The van der Waals surface area contributed by atoms with E-state index < -0.39 is 23.1 Å². The molecule has 150 valence electrons. The molecule has 3 rings (SSSR count). The topological polar surface area (TPSA) is 50.4 Å². The number of benzene rings is 2. The maximum Gasteiger partial charge on any atom is 0.272 e. The van der Waals surface area contributed by atoms with E-state index >= 15 is 0 Å². The minimum absolute atomic E-state index is 0.0102. The number of nitrogens with one attached hydrogen (secondary N) is 2. The highest BCUT2D eigenvalue weighted by Crippen LogP contribution is 2.35. The molecule has 0 aliphatic carbocycles. The molecule has 8 heteroatoms. The lowest BCUT2D eigenvalue weighted by atomic mass is 10.1. The maximum atomic E-state index is 14.4. The van der Waals surface area contributed by atoms with Crippen molar-refractivity contribution in [2.45, 2.75) is 25.8 Å². The molecule has 1 atom stereocenters. The fraction of sp³-hybridized carbons (Fsp3) is 0.350. The van der Waals surface area contributed by atoms with Gasteiger partial charge >= 0.3 is 0 Å². The Hall–Kier alpha value is -2.61. The molecule has 2 aromatic carbocycles. The molecule has 1 amide bonds. The van der Waals surface area contributed by atoms with Gasteiger partial charge in [-0.15, -0.1) is 0 Å². The van der Waals surface area contributed by atoms with Gasteiger partial charge in [0.2, 0.25) is 5.91 Å². The van der Waals surface area contributed by atoms with Crippen LogP contribution >= 0.6 is 0 Å². The van der Waals surface area contributed by atoms with Gasteiger partial charge in [-0.05, 0) is 36.8 Å². The van der Waals surface area contributed by atoms with Crippen LogP contribution in [0.5, 0.6) is 0 Å². The summed E-state index contributed by atoms with van der Waals surface area (Å²) < 4.78 is 60.3. The minimum atomic E-state index is -3.27. The van der Waals surface area contributed by atoms with Gasteiger partial charge in [0.1, 0.15) is 11.6 Å². The Bertz CT molecular complexity index is 862. The summed E-state index contributed by atoms with van der Waals surface area (Å²) in [6.07, 6.45) is 0.638. The van der Waals surface area contributed by atoms with Crippen LogP contribution in [0.4, 0.5) is 28.9 Å². The number of alkyl halides is 2. The molecule has 0 spiro atoms. The monoisotopic (exact) mass is 396 g/mol. The van der Waals surface area contributed by atoms with Crippen LogP contribution in [0.3, 0.4) is 0 Å². The summed E-state index contributed by atoms with van der Waals surface area (Å²) in [6.45, 7) is 1.57. The second-order valence-electron chi connectivity index (χ2n) is 6.79. The van der Waals surface area contributed by atoms with Crippen molar-refractivity contribution in [3.63, 3.8) is 0 Å². The van der Waals surface area contributed by atoms with Crippen molar-refractivity contribution in [2.75, 3.05) is 18.5 Å². The van der Waals surface area contributed by atoms with Gasteiger partial charge in [-0.25, -0.2) is 17.6 Å². The molecule has 1 heterocycles. The number of hydrogen-bond donors (Lipinski definition) is 2. The largest absolute Gasteiger partial charge is 0.381 e. The Morgan fingerprint density at radius 3 is 2.64 bits per heavy atom. The molecule has 1 aliphatic heterocycles. The normalized spacial score (nSPS) is 16.8. The number of anilines is 2. The van der Waals surface area contributed by atoms with Gasteiger partial charge in [-0.2, -0.15) is 0 Å². The number of halogens is 4. The third-order valence-corrected chi connectivity index (χ3v) is 4.54. The molecule has 1 aliphatic rings. The van der Waals surface area contributed by atoms with Gasteiger partial charge in [0.25, 0.3) is 5.92 Å². The van der Waals surface area contributed by atoms with Crippen molar-refractivity contribution >= 4 is 17.3 Å². The predicted molar refractivity (Wildman–Crippen MR) is 96.4 cm³/mol. The third kappa shape index (κ3) is 4.81. The molecule has 0 saturated carbocycles. The third-order valence-electron chi connectivity index (χ3n) is 4.54. The summed E-state index contributed by atoms with van der Waals surface area (Å²) in [6, 6.07) is 7.07. The molecule has 0 aromatic heterocycles. The summed E-state index contributed by atoms with van der Waals surface area (Å²) >= 11 is 0. The van der Waals surface area contributed by atoms with Gasteiger partial charge in [-0.1, -0.05) is 6.07 Å². The van der Waals surface area contributed by atoms with Gasteiger partial charge in [0.15, 0.2) is 0 Å². The Morgan fingerprint density at radius 2 is 2.00 bits per heavy atom. The summed E-state index contributed by atoms with van der Waals surface area (Å²) in [4.78, 5) is 12.0. The van der Waals surface area contributed by atoms with Crippen molar-refractivity contribution in [1.29, 1.82) is 0 Å². The first-order chi connectivity index (χ1) is 13.2. The predicted octanol–water partition coefficient (Wildman–Crippen LogP) is 4.47. The van der Waals surface area contributed by atoms with Crippen LogP contribution in [-0.4, -0.2) is 19.1 Å². The fourth-order valence-corrected chi connectivity index (χ4v) is 2.98. The first kappa shape index (κ1) is 20.1. The lowest BCUT2D eigenvalue weighted by Gasteiger charge is -2.18. The van der Waals surface area contributed by atoms with E-state index in [1.165, 1.54) is 18.2 Å². The number of ether oxygens (including phenoxy) is 1. The number of rotatable bonds is 6. The van der Waals surface area contributed by atoms with E-state index in [0.29, 0.717) is 26.6 Å². The van der Waals surface area contributed by atoms with Crippen LogP contribution in [0.2, 0.25) is 0 Å². The van der Waals surface area contributed by atoms with Gasteiger partial charge in [0, 0.05) is 42.6 Å². The van der Waals surface area contributed by atoms with Gasteiger partial charge in [0.05, 0.1) is 12.5 Å². The highest BCUT2D eigenvalue weighted by atomic mass is 19.3. The zero-order valence-electron chi connectivity index (χ0n) is 15.2. The average Bonchev–Trinajstić information content (AvgIpc) is 3.16. The first-order valence-corrected chi connectivity index (χ1v) is 8.83. The van der Waals surface area contributed by atoms with Crippen molar-refractivity contribution in [1.82, 2.24) is 5.32 Å². The maximum absolute atomic E-state index is 14.4. The first-order valence-electron chi connectivity index (χ1n) is 8.83. The highest BCUT2D eigenvalue weighted by Gasteiger charge is 2.28. The summed E-state index contributed by atoms with van der Waals surface area (Å²) in [5, 5.41) is 5.36. The molecule has 0 bridgehead atoms. The van der Waals surface area contributed by atoms with Gasteiger partial charge in [-0.3, -0.25) is 4.79 Å². The summed E-state index contributed by atoms with van der Waals surface area (Å²) in [5.74, 6) is -5.07. The molecule has 0 radical (unpaired) electrons. The van der Waals surface area contributed by atoms with Crippen LogP contribution in [0.1, 0.15) is 24.5 Å². The molecule has 1 unspecified atom stereocenters. The number of hydrogen-bond acceptors (Lipinski definition) is 3.